The van der Waals surface area contributed by atoms with Crippen LogP contribution in [0.2, 0.25) is 0 Å². The molecule has 1 saturated heterocycles. The number of aryl methyl sites for hydroxylation is 1. The highest BCUT2D eigenvalue weighted by Gasteiger charge is 2.34. The first-order valence-corrected chi connectivity index (χ1v) is 8.33. The van der Waals surface area contributed by atoms with E-state index in [1.165, 1.54) is 5.56 Å². The fraction of sp³-hybridized carbons (Fsp3) is 0.562. The Morgan fingerprint density at radius 2 is 2.20 bits per heavy atom. The summed E-state index contributed by atoms with van der Waals surface area (Å²) in [6.45, 7) is 0.640. The van der Waals surface area contributed by atoms with Gasteiger partial charge in [-0.2, -0.15) is 11.8 Å². The number of rotatable bonds is 7. The lowest BCUT2D eigenvalue weighted by Gasteiger charge is -2.26. The van der Waals surface area contributed by atoms with E-state index in [2.05, 4.69) is 17.4 Å². The maximum Gasteiger partial charge on any atom is 0.220 e. The van der Waals surface area contributed by atoms with Gasteiger partial charge in [0.05, 0.1) is 5.60 Å². The van der Waals surface area contributed by atoms with E-state index in [4.69, 9.17) is 4.74 Å². The Morgan fingerprint density at radius 3 is 2.85 bits per heavy atom. The van der Waals surface area contributed by atoms with Gasteiger partial charge in [-0.05, 0) is 30.6 Å². The van der Waals surface area contributed by atoms with Crippen LogP contribution in [0.5, 0.6) is 0 Å². The predicted molar refractivity (Wildman–Crippen MR) is 84.1 cm³/mol. The highest BCUT2D eigenvalue weighted by Crippen LogP contribution is 2.30. The molecule has 0 unspecified atom stereocenters. The topological polar surface area (TPSA) is 38.3 Å². The van der Waals surface area contributed by atoms with Crippen LogP contribution in [0, 0.1) is 0 Å². The van der Waals surface area contributed by atoms with Crippen LogP contribution in [0.25, 0.3) is 0 Å². The molecule has 4 heteroatoms. The summed E-state index contributed by atoms with van der Waals surface area (Å²) in [5, 5.41) is 3.03. The molecule has 1 aliphatic rings. The molecule has 1 amide bonds. The minimum absolute atomic E-state index is 0.134. The second-order valence-electron chi connectivity index (χ2n) is 5.31. The van der Waals surface area contributed by atoms with E-state index in [0.717, 1.165) is 30.8 Å². The molecule has 1 aliphatic heterocycles. The molecular weight excluding hydrogens is 270 g/mol. The van der Waals surface area contributed by atoms with Crippen LogP contribution in [0.15, 0.2) is 30.3 Å². The van der Waals surface area contributed by atoms with Crippen molar-refractivity contribution in [3.05, 3.63) is 35.9 Å². The Kier molecular flexibility index (Phi) is 5.92. The van der Waals surface area contributed by atoms with Gasteiger partial charge in [-0.3, -0.25) is 4.79 Å². The second-order valence-corrected chi connectivity index (χ2v) is 6.41. The van der Waals surface area contributed by atoms with Gasteiger partial charge >= 0.3 is 0 Å². The summed E-state index contributed by atoms with van der Waals surface area (Å²) >= 11 is 1.90. The van der Waals surface area contributed by atoms with E-state index in [1.807, 2.05) is 30.0 Å². The standard InChI is InChI=1S/C16H23NO2S/c1-19-16(10-11-20-13-16)12-17-15(18)9-5-8-14-6-3-2-4-7-14/h2-4,6-7H,5,8-13H2,1H3,(H,17,18)/t16-/m1/s1. The van der Waals surface area contributed by atoms with Crippen molar-refractivity contribution in [1.29, 1.82) is 0 Å². The van der Waals surface area contributed by atoms with Gasteiger partial charge in [0, 0.05) is 25.8 Å². The number of carbonyl (C=O) groups is 1. The number of methoxy groups -OCH3 is 1. The van der Waals surface area contributed by atoms with E-state index in [1.54, 1.807) is 7.11 Å². The number of amides is 1. The first kappa shape index (κ1) is 15.4. The summed E-state index contributed by atoms with van der Waals surface area (Å²) in [5.41, 5.74) is 1.15. The molecule has 0 spiro atoms. The largest absolute Gasteiger partial charge is 0.376 e. The zero-order chi connectivity index (χ0) is 14.3. The Labute approximate surface area is 125 Å². The number of benzene rings is 1. The summed E-state index contributed by atoms with van der Waals surface area (Å²) in [7, 11) is 1.74. The molecular formula is C16H23NO2S. The Bertz CT molecular complexity index is 416. The van der Waals surface area contributed by atoms with E-state index in [0.29, 0.717) is 13.0 Å². The molecule has 0 aromatic heterocycles. The third-order valence-corrected chi connectivity index (χ3v) is 5.04. The van der Waals surface area contributed by atoms with Crippen LogP contribution in [-0.2, 0) is 16.0 Å². The predicted octanol–water partition coefficient (Wildman–Crippen LogP) is 2.65. The van der Waals surface area contributed by atoms with Crippen molar-refractivity contribution in [2.45, 2.75) is 31.3 Å². The van der Waals surface area contributed by atoms with Crippen LogP contribution in [0.4, 0.5) is 0 Å². The van der Waals surface area contributed by atoms with Gasteiger partial charge in [0.25, 0.3) is 0 Å². The van der Waals surface area contributed by atoms with Crippen LogP contribution in [0.3, 0.4) is 0 Å². The molecule has 110 valence electrons. The molecule has 1 N–H and O–H groups in total. The minimum atomic E-state index is -0.139. The van der Waals surface area contributed by atoms with E-state index < -0.39 is 0 Å². The van der Waals surface area contributed by atoms with Crippen molar-refractivity contribution in [1.82, 2.24) is 5.32 Å². The smallest absolute Gasteiger partial charge is 0.220 e. The number of nitrogens with one attached hydrogen (secondary N) is 1. The lowest BCUT2D eigenvalue weighted by molar-refractivity contribution is -0.122. The van der Waals surface area contributed by atoms with Crippen molar-refractivity contribution in [3.8, 4) is 0 Å². The van der Waals surface area contributed by atoms with Crippen molar-refractivity contribution < 1.29 is 9.53 Å². The van der Waals surface area contributed by atoms with Crippen LogP contribution >= 0.6 is 11.8 Å². The van der Waals surface area contributed by atoms with Gasteiger partial charge in [0.1, 0.15) is 0 Å². The first-order chi connectivity index (χ1) is 9.74. The van der Waals surface area contributed by atoms with Gasteiger partial charge in [-0.25, -0.2) is 0 Å². The van der Waals surface area contributed by atoms with Crippen LogP contribution in [-0.4, -0.2) is 36.7 Å². The minimum Gasteiger partial charge on any atom is -0.376 e. The van der Waals surface area contributed by atoms with Crippen molar-refractivity contribution in [2.24, 2.45) is 0 Å². The molecule has 1 fully saturated rings. The molecule has 0 saturated carbocycles. The third-order valence-electron chi connectivity index (χ3n) is 3.82. The SMILES string of the molecule is CO[C@@]1(CNC(=O)CCCc2ccccc2)CCSC1. The monoisotopic (exact) mass is 293 g/mol. The van der Waals surface area contributed by atoms with Gasteiger partial charge in [0.15, 0.2) is 0 Å². The fourth-order valence-corrected chi connectivity index (χ4v) is 3.80. The van der Waals surface area contributed by atoms with Crippen molar-refractivity contribution in [3.63, 3.8) is 0 Å². The lowest BCUT2D eigenvalue weighted by Crippen LogP contribution is -2.44. The Balaban J connectivity index is 1.65. The van der Waals surface area contributed by atoms with Crippen molar-refractivity contribution in [2.75, 3.05) is 25.2 Å². The number of carbonyl (C=O) groups excluding carboxylic acids is 1. The second kappa shape index (κ2) is 7.70. The molecule has 20 heavy (non-hydrogen) atoms. The average Bonchev–Trinajstić information content (AvgIpc) is 2.96. The molecule has 3 nitrogen and oxygen atoms in total. The number of hydrogen-bond donors (Lipinski definition) is 1. The fourth-order valence-electron chi connectivity index (χ4n) is 2.41. The maximum atomic E-state index is 11.9. The van der Waals surface area contributed by atoms with Crippen LogP contribution in [0.1, 0.15) is 24.8 Å². The number of thioether (sulfide) groups is 1. The normalized spacial score (nSPS) is 21.9. The third kappa shape index (κ3) is 4.53. The Morgan fingerprint density at radius 1 is 1.40 bits per heavy atom. The molecule has 0 aliphatic carbocycles. The molecule has 1 heterocycles. The summed E-state index contributed by atoms with van der Waals surface area (Å²) in [5.74, 6) is 2.24. The summed E-state index contributed by atoms with van der Waals surface area (Å²) in [6.07, 6.45) is 3.46. The van der Waals surface area contributed by atoms with Gasteiger partial charge < -0.3 is 10.1 Å². The highest BCUT2D eigenvalue weighted by atomic mass is 32.2. The Hall–Kier alpha value is -1.00. The summed E-state index contributed by atoms with van der Waals surface area (Å²) in [6, 6.07) is 10.3. The number of ether oxygens (including phenoxy) is 1. The summed E-state index contributed by atoms with van der Waals surface area (Å²) in [4.78, 5) is 11.9. The molecule has 1 aromatic carbocycles. The first-order valence-electron chi connectivity index (χ1n) is 7.18. The zero-order valence-corrected chi connectivity index (χ0v) is 12.9. The van der Waals surface area contributed by atoms with Gasteiger partial charge in [-0.1, -0.05) is 30.3 Å². The van der Waals surface area contributed by atoms with Crippen LogP contribution < -0.4 is 5.32 Å². The zero-order valence-electron chi connectivity index (χ0n) is 12.1. The lowest BCUT2D eigenvalue weighted by atomic mass is 10.0. The van der Waals surface area contributed by atoms with E-state index >= 15 is 0 Å². The molecule has 2 rings (SSSR count). The van der Waals surface area contributed by atoms with E-state index in [-0.39, 0.29) is 11.5 Å². The maximum absolute atomic E-state index is 11.9. The molecule has 1 aromatic rings. The van der Waals surface area contributed by atoms with E-state index in [9.17, 15) is 4.79 Å². The van der Waals surface area contributed by atoms with Crippen molar-refractivity contribution >= 4 is 17.7 Å². The quantitative estimate of drug-likeness (QED) is 0.840. The molecule has 1 atom stereocenters. The highest BCUT2D eigenvalue weighted by molar-refractivity contribution is 7.99. The van der Waals surface area contributed by atoms with Gasteiger partial charge in [-0.15, -0.1) is 0 Å². The molecule has 0 radical (unpaired) electrons. The number of hydrogen-bond acceptors (Lipinski definition) is 3. The van der Waals surface area contributed by atoms with Gasteiger partial charge in [0.2, 0.25) is 5.91 Å². The summed E-state index contributed by atoms with van der Waals surface area (Å²) < 4.78 is 5.59. The average molecular weight is 293 g/mol. The molecule has 0 bridgehead atoms.